The summed E-state index contributed by atoms with van der Waals surface area (Å²) >= 11 is 0. The van der Waals surface area contributed by atoms with E-state index in [1.165, 1.54) is 28.7 Å². The summed E-state index contributed by atoms with van der Waals surface area (Å²) < 4.78 is 5.69. The van der Waals surface area contributed by atoms with Crippen LogP contribution >= 0.6 is 0 Å². The first-order valence-corrected chi connectivity index (χ1v) is 6.45. The molecule has 1 unspecified atom stereocenters. The van der Waals surface area contributed by atoms with Gasteiger partial charge >= 0.3 is 0 Å². The molecule has 92 valence electrons. The Balaban J connectivity index is 2.39. The molecule has 0 fully saturated rings. The van der Waals surface area contributed by atoms with Crippen LogP contribution in [-0.2, 0) is 12.8 Å². The second kappa shape index (κ2) is 4.95. The number of hydrogen-bond acceptors (Lipinski definition) is 1. The molecule has 1 aromatic heterocycles. The van der Waals surface area contributed by atoms with Crippen molar-refractivity contribution in [2.45, 2.75) is 47.0 Å². The molecule has 0 amide bonds. The van der Waals surface area contributed by atoms with E-state index < -0.39 is 0 Å². The molecule has 1 nitrogen and oxygen atoms in total. The second-order valence-corrected chi connectivity index (χ2v) is 5.45. The van der Waals surface area contributed by atoms with Gasteiger partial charge in [0.25, 0.3) is 0 Å². The molecule has 1 aromatic rings. The lowest BCUT2D eigenvalue weighted by molar-refractivity contribution is 0.513. The molecular formula is C16H22O. The zero-order valence-corrected chi connectivity index (χ0v) is 11.3. The minimum Gasteiger partial charge on any atom is -0.468 e. The minimum atomic E-state index is 0.629. The summed E-state index contributed by atoms with van der Waals surface area (Å²) in [4.78, 5) is 0. The van der Waals surface area contributed by atoms with E-state index in [9.17, 15) is 0 Å². The van der Waals surface area contributed by atoms with E-state index in [-0.39, 0.29) is 0 Å². The van der Waals surface area contributed by atoms with Crippen LogP contribution in [0.4, 0.5) is 0 Å². The predicted octanol–water partition coefficient (Wildman–Crippen LogP) is 4.61. The van der Waals surface area contributed by atoms with Crippen LogP contribution in [-0.4, -0.2) is 0 Å². The normalized spacial score (nSPS) is 21.5. The summed E-state index contributed by atoms with van der Waals surface area (Å²) in [5, 5.41) is 0. The maximum atomic E-state index is 5.69. The third kappa shape index (κ3) is 2.91. The summed E-state index contributed by atoms with van der Waals surface area (Å²) in [6.45, 7) is 8.87. The van der Waals surface area contributed by atoms with Gasteiger partial charge in [-0.25, -0.2) is 0 Å². The number of hydrogen-bond donors (Lipinski definition) is 0. The average molecular weight is 230 g/mol. The minimum absolute atomic E-state index is 0.629. The number of rotatable bonds is 0. The van der Waals surface area contributed by atoms with Crippen molar-refractivity contribution in [2.75, 3.05) is 0 Å². The van der Waals surface area contributed by atoms with Gasteiger partial charge in [-0.05, 0) is 45.1 Å². The lowest BCUT2D eigenvalue weighted by Gasteiger charge is -2.12. The monoisotopic (exact) mass is 230 g/mol. The quantitative estimate of drug-likeness (QED) is 0.593. The first-order valence-electron chi connectivity index (χ1n) is 6.45. The molecule has 0 N–H and O–H groups in total. The Morgan fingerprint density at radius 1 is 1.18 bits per heavy atom. The van der Waals surface area contributed by atoms with Crippen molar-refractivity contribution in [3.05, 3.63) is 46.4 Å². The lowest BCUT2D eigenvalue weighted by Crippen LogP contribution is -1.99. The van der Waals surface area contributed by atoms with Crippen molar-refractivity contribution in [2.24, 2.45) is 5.92 Å². The van der Waals surface area contributed by atoms with E-state index >= 15 is 0 Å². The molecule has 0 aliphatic heterocycles. The fourth-order valence-corrected chi connectivity index (χ4v) is 2.67. The summed E-state index contributed by atoms with van der Waals surface area (Å²) in [6, 6.07) is 0. The van der Waals surface area contributed by atoms with Crippen molar-refractivity contribution in [1.29, 1.82) is 0 Å². The largest absolute Gasteiger partial charge is 0.468 e. The van der Waals surface area contributed by atoms with Crippen molar-refractivity contribution in [1.82, 2.24) is 0 Å². The molecule has 0 radical (unpaired) electrons. The number of fused-ring (bicyclic) bond motifs is 1. The molecule has 17 heavy (non-hydrogen) atoms. The summed E-state index contributed by atoms with van der Waals surface area (Å²) in [5.41, 5.74) is 5.56. The lowest BCUT2D eigenvalue weighted by atomic mass is 9.94. The molecule has 2 rings (SSSR count). The van der Waals surface area contributed by atoms with Crippen molar-refractivity contribution >= 4 is 0 Å². The molecule has 1 aliphatic rings. The molecule has 1 aliphatic carbocycles. The molecule has 0 aromatic carbocycles. The van der Waals surface area contributed by atoms with Crippen LogP contribution in [0.1, 0.15) is 44.1 Å². The van der Waals surface area contributed by atoms with Crippen LogP contribution in [0.2, 0.25) is 0 Å². The molecule has 1 heterocycles. The van der Waals surface area contributed by atoms with Gasteiger partial charge in [0.15, 0.2) is 0 Å². The van der Waals surface area contributed by atoms with Gasteiger partial charge in [-0.2, -0.15) is 0 Å². The Kier molecular flexibility index (Phi) is 3.56. The van der Waals surface area contributed by atoms with Crippen molar-refractivity contribution in [3.63, 3.8) is 0 Å². The molecule has 0 saturated heterocycles. The maximum Gasteiger partial charge on any atom is 0.111 e. The van der Waals surface area contributed by atoms with Gasteiger partial charge in [0.2, 0.25) is 0 Å². The van der Waals surface area contributed by atoms with E-state index in [1.807, 2.05) is 6.26 Å². The van der Waals surface area contributed by atoms with E-state index in [4.69, 9.17) is 4.42 Å². The number of furan rings is 1. The van der Waals surface area contributed by atoms with Gasteiger partial charge in [0.1, 0.15) is 5.76 Å². The standard InChI is InChI=1S/C16H22O/c1-11-5-6-15-14(4)10-17-16(15)9-13(3)8-12(2)7-11/h5,8,10,12H,6-7,9H2,1-4H3. The van der Waals surface area contributed by atoms with Crippen LogP contribution in [0.15, 0.2) is 34.0 Å². The second-order valence-electron chi connectivity index (χ2n) is 5.45. The SMILES string of the molecule is CC1=CC(C)CC(C)=CCc2c(C)coc2C1. The zero-order chi connectivity index (χ0) is 12.4. The molecule has 0 saturated carbocycles. The van der Waals surface area contributed by atoms with Gasteiger partial charge in [0, 0.05) is 12.0 Å². The van der Waals surface area contributed by atoms with Crippen molar-refractivity contribution in [3.8, 4) is 0 Å². The summed E-state index contributed by atoms with van der Waals surface area (Å²) in [6.07, 6.45) is 9.77. The fraction of sp³-hybridized carbons (Fsp3) is 0.500. The molecular weight excluding hydrogens is 208 g/mol. The van der Waals surface area contributed by atoms with Crippen LogP contribution in [0.3, 0.4) is 0 Å². The highest BCUT2D eigenvalue weighted by molar-refractivity contribution is 5.32. The molecule has 0 bridgehead atoms. The van der Waals surface area contributed by atoms with Gasteiger partial charge in [0.05, 0.1) is 6.26 Å². The van der Waals surface area contributed by atoms with E-state index in [2.05, 4.69) is 39.8 Å². The molecule has 1 heteroatoms. The Morgan fingerprint density at radius 2 is 1.94 bits per heavy atom. The third-order valence-electron chi connectivity index (χ3n) is 3.50. The topological polar surface area (TPSA) is 13.1 Å². The fourth-order valence-electron chi connectivity index (χ4n) is 2.67. The first-order chi connectivity index (χ1) is 8.06. The molecule has 1 atom stereocenters. The first kappa shape index (κ1) is 12.2. The molecule has 0 spiro atoms. The number of allylic oxidation sites excluding steroid dienone is 4. The smallest absolute Gasteiger partial charge is 0.111 e. The third-order valence-corrected chi connectivity index (χ3v) is 3.50. The summed E-state index contributed by atoms with van der Waals surface area (Å²) in [5.74, 6) is 1.78. The van der Waals surface area contributed by atoms with Gasteiger partial charge in [-0.1, -0.05) is 30.2 Å². The van der Waals surface area contributed by atoms with Crippen LogP contribution < -0.4 is 0 Å². The highest BCUT2D eigenvalue weighted by Gasteiger charge is 2.12. The summed E-state index contributed by atoms with van der Waals surface area (Å²) in [7, 11) is 0. The Morgan fingerprint density at radius 3 is 2.71 bits per heavy atom. The van der Waals surface area contributed by atoms with Crippen molar-refractivity contribution < 1.29 is 4.42 Å². The van der Waals surface area contributed by atoms with E-state index in [0.29, 0.717) is 5.92 Å². The highest BCUT2D eigenvalue weighted by Crippen LogP contribution is 2.25. The Bertz CT molecular complexity index is 460. The van der Waals surface area contributed by atoms with E-state index in [0.717, 1.165) is 18.6 Å². The number of aryl methyl sites for hydroxylation is 1. The maximum absolute atomic E-state index is 5.69. The Hall–Kier alpha value is -1.24. The predicted molar refractivity (Wildman–Crippen MR) is 72.1 cm³/mol. The van der Waals surface area contributed by atoms with Gasteiger partial charge in [-0.15, -0.1) is 0 Å². The van der Waals surface area contributed by atoms with Crippen LogP contribution in [0.25, 0.3) is 0 Å². The van der Waals surface area contributed by atoms with Gasteiger partial charge in [-0.3, -0.25) is 0 Å². The average Bonchev–Trinajstić information content (AvgIpc) is 2.56. The zero-order valence-electron chi connectivity index (χ0n) is 11.3. The van der Waals surface area contributed by atoms with Crippen LogP contribution in [0, 0.1) is 12.8 Å². The van der Waals surface area contributed by atoms with Crippen LogP contribution in [0.5, 0.6) is 0 Å². The van der Waals surface area contributed by atoms with E-state index in [1.54, 1.807) is 0 Å². The van der Waals surface area contributed by atoms with Gasteiger partial charge < -0.3 is 4.42 Å². The Labute approximate surface area is 104 Å². The highest BCUT2D eigenvalue weighted by atomic mass is 16.3.